The molecule has 0 saturated heterocycles. The van der Waals surface area contributed by atoms with Crippen LogP contribution in [0.25, 0.3) is 0 Å². The molecule has 1 aromatic heterocycles. The van der Waals surface area contributed by atoms with E-state index in [1.54, 1.807) is 12.4 Å². The van der Waals surface area contributed by atoms with Crippen molar-refractivity contribution in [2.24, 2.45) is 11.7 Å². The van der Waals surface area contributed by atoms with Crippen LogP contribution in [0.3, 0.4) is 0 Å². The first-order valence-electron chi connectivity index (χ1n) is 6.55. The lowest BCUT2D eigenvalue weighted by Crippen LogP contribution is -2.18. The average Bonchev–Trinajstić information content (AvgIpc) is 2.79. The van der Waals surface area contributed by atoms with Crippen LogP contribution < -0.4 is 5.73 Å². The molecule has 2 N–H and O–H groups in total. The maximum atomic E-state index is 6.23. The highest BCUT2D eigenvalue weighted by molar-refractivity contribution is 6.42. The van der Waals surface area contributed by atoms with Crippen molar-refractivity contribution in [3.05, 3.63) is 46.0 Å². The van der Waals surface area contributed by atoms with Crippen LogP contribution in [0.1, 0.15) is 31.3 Å². The fourth-order valence-electron chi connectivity index (χ4n) is 2.06. The van der Waals surface area contributed by atoms with E-state index in [1.165, 1.54) is 0 Å². The van der Waals surface area contributed by atoms with E-state index in [1.807, 2.05) is 16.8 Å². The van der Waals surface area contributed by atoms with Crippen molar-refractivity contribution in [2.45, 2.75) is 32.9 Å². The van der Waals surface area contributed by atoms with Gasteiger partial charge in [0.05, 0.1) is 10.0 Å². The maximum absolute atomic E-state index is 6.23. The zero-order valence-electron chi connectivity index (χ0n) is 11.6. The molecule has 0 aliphatic rings. The van der Waals surface area contributed by atoms with E-state index < -0.39 is 0 Å². The first-order chi connectivity index (χ1) is 9.49. The molecule has 0 spiro atoms. The fraction of sp³-hybridized carbons (Fsp3) is 0.429. The number of benzene rings is 1. The average molecular weight is 313 g/mol. The molecule has 0 aliphatic carbocycles. The highest BCUT2D eigenvalue weighted by Gasteiger charge is 2.16. The SMILES string of the molecule is CC(C)Cn1ncnc1CC(N)c1cccc(Cl)c1Cl. The molecular weight excluding hydrogens is 295 g/mol. The fourth-order valence-corrected chi connectivity index (χ4v) is 2.51. The Hall–Kier alpha value is -1.10. The normalized spacial score (nSPS) is 12.9. The van der Waals surface area contributed by atoms with Gasteiger partial charge in [0.15, 0.2) is 0 Å². The molecule has 0 fully saturated rings. The monoisotopic (exact) mass is 312 g/mol. The van der Waals surface area contributed by atoms with Gasteiger partial charge >= 0.3 is 0 Å². The Kier molecular flexibility index (Phi) is 5.02. The van der Waals surface area contributed by atoms with Crippen LogP contribution in [0.15, 0.2) is 24.5 Å². The highest BCUT2D eigenvalue weighted by Crippen LogP contribution is 2.30. The molecule has 1 atom stereocenters. The zero-order valence-corrected chi connectivity index (χ0v) is 13.1. The zero-order chi connectivity index (χ0) is 14.7. The van der Waals surface area contributed by atoms with E-state index in [9.17, 15) is 0 Å². The Morgan fingerprint density at radius 1 is 1.30 bits per heavy atom. The second-order valence-corrected chi connectivity index (χ2v) is 5.99. The van der Waals surface area contributed by atoms with E-state index in [2.05, 4.69) is 23.9 Å². The van der Waals surface area contributed by atoms with Crippen LogP contribution in [0.5, 0.6) is 0 Å². The Bertz CT molecular complexity index is 580. The summed E-state index contributed by atoms with van der Waals surface area (Å²) in [4.78, 5) is 4.28. The smallest absolute Gasteiger partial charge is 0.138 e. The van der Waals surface area contributed by atoms with Gasteiger partial charge in [-0.3, -0.25) is 0 Å². The van der Waals surface area contributed by atoms with E-state index in [0.29, 0.717) is 22.4 Å². The summed E-state index contributed by atoms with van der Waals surface area (Å²) >= 11 is 12.2. The lowest BCUT2D eigenvalue weighted by molar-refractivity contribution is 0.459. The highest BCUT2D eigenvalue weighted by atomic mass is 35.5. The van der Waals surface area contributed by atoms with Crippen molar-refractivity contribution in [2.75, 3.05) is 0 Å². The Balaban J connectivity index is 2.17. The first-order valence-corrected chi connectivity index (χ1v) is 7.30. The van der Waals surface area contributed by atoms with Gasteiger partial charge in [-0.15, -0.1) is 0 Å². The summed E-state index contributed by atoms with van der Waals surface area (Å²) in [5.74, 6) is 1.36. The van der Waals surface area contributed by atoms with Crippen LogP contribution in [0.2, 0.25) is 10.0 Å². The largest absolute Gasteiger partial charge is 0.324 e. The molecule has 2 aromatic rings. The van der Waals surface area contributed by atoms with Crippen LogP contribution in [-0.4, -0.2) is 14.8 Å². The van der Waals surface area contributed by atoms with Gasteiger partial charge in [0, 0.05) is 19.0 Å². The van der Waals surface area contributed by atoms with Crippen molar-refractivity contribution in [3.8, 4) is 0 Å². The van der Waals surface area contributed by atoms with Crippen LogP contribution >= 0.6 is 23.2 Å². The van der Waals surface area contributed by atoms with Crippen molar-refractivity contribution >= 4 is 23.2 Å². The van der Waals surface area contributed by atoms with Gasteiger partial charge in [0.2, 0.25) is 0 Å². The number of aromatic nitrogens is 3. The molecule has 108 valence electrons. The number of hydrogen-bond donors (Lipinski definition) is 1. The molecule has 0 amide bonds. The lowest BCUT2D eigenvalue weighted by Gasteiger charge is -2.15. The summed E-state index contributed by atoms with van der Waals surface area (Å²) in [6, 6.07) is 5.24. The number of nitrogens with zero attached hydrogens (tertiary/aromatic N) is 3. The Labute approximate surface area is 128 Å². The molecule has 2 rings (SSSR count). The van der Waals surface area contributed by atoms with Crippen molar-refractivity contribution in [1.82, 2.24) is 14.8 Å². The molecule has 1 unspecified atom stereocenters. The van der Waals surface area contributed by atoms with Gasteiger partial charge in [-0.25, -0.2) is 9.67 Å². The van der Waals surface area contributed by atoms with Crippen LogP contribution in [0.4, 0.5) is 0 Å². The van der Waals surface area contributed by atoms with E-state index in [-0.39, 0.29) is 6.04 Å². The summed E-state index contributed by atoms with van der Waals surface area (Å²) in [6.07, 6.45) is 2.14. The number of rotatable bonds is 5. The molecular formula is C14H18Cl2N4. The minimum Gasteiger partial charge on any atom is -0.324 e. The second kappa shape index (κ2) is 6.57. The Morgan fingerprint density at radius 2 is 2.05 bits per heavy atom. The summed E-state index contributed by atoms with van der Waals surface area (Å²) in [7, 11) is 0. The topological polar surface area (TPSA) is 56.7 Å². The number of halogens is 2. The summed E-state index contributed by atoms with van der Waals surface area (Å²) in [6.45, 7) is 5.10. The quantitative estimate of drug-likeness (QED) is 0.919. The molecule has 0 bridgehead atoms. The van der Waals surface area contributed by atoms with Gasteiger partial charge < -0.3 is 5.73 Å². The summed E-state index contributed by atoms with van der Waals surface area (Å²) in [5.41, 5.74) is 7.06. The van der Waals surface area contributed by atoms with Gasteiger partial charge in [-0.1, -0.05) is 49.2 Å². The Morgan fingerprint density at radius 3 is 2.75 bits per heavy atom. The molecule has 0 radical (unpaired) electrons. The molecule has 1 heterocycles. The molecule has 20 heavy (non-hydrogen) atoms. The standard InChI is InChI=1S/C14H18Cl2N4/c1-9(2)7-20-13(18-8-19-20)6-12(17)10-4-3-5-11(15)14(10)16/h3-5,8-9,12H,6-7,17H2,1-2H3. The lowest BCUT2D eigenvalue weighted by atomic mass is 10.0. The van der Waals surface area contributed by atoms with Crippen molar-refractivity contribution in [3.63, 3.8) is 0 Å². The summed E-state index contributed by atoms with van der Waals surface area (Å²) in [5, 5.41) is 5.26. The molecule has 6 heteroatoms. The van der Waals surface area contributed by atoms with Gasteiger partial charge in [0.25, 0.3) is 0 Å². The van der Waals surface area contributed by atoms with Crippen LogP contribution in [-0.2, 0) is 13.0 Å². The first kappa shape index (κ1) is 15.3. The molecule has 0 aliphatic heterocycles. The maximum Gasteiger partial charge on any atom is 0.138 e. The third-order valence-electron chi connectivity index (χ3n) is 3.02. The van der Waals surface area contributed by atoms with Gasteiger partial charge in [0.1, 0.15) is 12.2 Å². The van der Waals surface area contributed by atoms with Crippen molar-refractivity contribution < 1.29 is 0 Å². The predicted octanol–water partition coefficient (Wildman–Crippen LogP) is 3.48. The molecule has 1 aromatic carbocycles. The second-order valence-electron chi connectivity index (χ2n) is 5.21. The van der Waals surface area contributed by atoms with E-state index in [4.69, 9.17) is 28.9 Å². The predicted molar refractivity (Wildman–Crippen MR) is 82.0 cm³/mol. The third-order valence-corrected chi connectivity index (χ3v) is 3.85. The van der Waals surface area contributed by atoms with E-state index in [0.717, 1.165) is 17.9 Å². The van der Waals surface area contributed by atoms with Crippen molar-refractivity contribution in [1.29, 1.82) is 0 Å². The summed E-state index contributed by atoms with van der Waals surface area (Å²) < 4.78 is 1.89. The van der Waals surface area contributed by atoms with Gasteiger partial charge in [-0.05, 0) is 17.5 Å². The molecule has 4 nitrogen and oxygen atoms in total. The van der Waals surface area contributed by atoms with Crippen LogP contribution in [0, 0.1) is 5.92 Å². The minimum atomic E-state index is -0.253. The number of hydrogen-bond acceptors (Lipinski definition) is 3. The third kappa shape index (κ3) is 3.51. The van der Waals surface area contributed by atoms with E-state index >= 15 is 0 Å². The molecule has 0 saturated carbocycles. The van der Waals surface area contributed by atoms with Gasteiger partial charge in [-0.2, -0.15) is 5.10 Å². The number of nitrogens with two attached hydrogens (primary N) is 1. The minimum absolute atomic E-state index is 0.253.